The number of anilines is 1. The van der Waals surface area contributed by atoms with E-state index in [-0.39, 0.29) is 17.0 Å². The maximum absolute atomic E-state index is 13.4. The van der Waals surface area contributed by atoms with Crippen LogP contribution in [-0.4, -0.2) is 29.4 Å². The second-order valence-electron chi connectivity index (χ2n) is 9.59. The number of hydrogen-bond acceptors (Lipinski definition) is 6. The summed E-state index contributed by atoms with van der Waals surface area (Å²) in [6, 6.07) is 9.32. The van der Waals surface area contributed by atoms with Crippen LogP contribution in [0.2, 0.25) is 10.0 Å². The summed E-state index contributed by atoms with van der Waals surface area (Å²) in [5.41, 5.74) is -0.305. The van der Waals surface area contributed by atoms with Gasteiger partial charge in [-0.05, 0) is 78.0 Å². The normalized spacial score (nSPS) is 14.8. The van der Waals surface area contributed by atoms with Crippen LogP contribution in [0.5, 0.6) is 5.75 Å². The Morgan fingerprint density at radius 3 is 2.09 bits per heavy atom. The molecule has 2 aromatic rings. The minimum Gasteiger partial charge on any atom is -0.443 e. The minimum atomic E-state index is -0.908. The van der Waals surface area contributed by atoms with Crippen LogP contribution in [0.3, 0.4) is 0 Å². The van der Waals surface area contributed by atoms with Crippen molar-refractivity contribution in [2.24, 2.45) is 0 Å². The highest BCUT2D eigenvalue weighted by Gasteiger charge is 2.39. The molecule has 7 nitrogen and oxygen atoms in total. The minimum absolute atomic E-state index is 0.130. The molecule has 0 saturated heterocycles. The quantitative estimate of drug-likeness (QED) is 0.245. The molecule has 180 valence electrons. The van der Waals surface area contributed by atoms with Crippen molar-refractivity contribution < 1.29 is 28.6 Å². The molecule has 0 saturated carbocycles. The summed E-state index contributed by atoms with van der Waals surface area (Å²) in [4.78, 5) is 39.4. The van der Waals surface area contributed by atoms with Crippen LogP contribution in [0, 0.1) is 0 Å². The largest absolute Gasteiger partial charge is 0.514 e. The fourth-order valence-corrected chi connectivity index (χ4v) is 3.48. The lowest BCUT2D eigenvalue weighted by Gasteiger charge is -2.23. The predicted molar refractivity (Wildman–Crippen MR) is 131 cm³/mol. The molecule has 0 aromatic heterocycles. The van der Waals surface area contributed by atoms with Gasteiger partial charge in [0.05, 0.1) is 11.3 Å². The number of hydrogen-bond donors (Lipinski definition) is 0. The van der Waals surface area contributed by atoms with E-state index >= 15 is 0 Å². The van der Waals surface area contributed by atoms with Crippen LogP contribution < -0.4 is 9.64 Å². The van der Waals surface area contributed by atoms with Crippen LogP contribution >= 0.6 is 23.2 Å². The SMILES string of the molecule is CC(C)(C)OC(=O)Oc1ccc(Cl)cc1C=C1C(=O)N(C(=O)OC(C)(C)C)c2cc(Cl)ccc21. The zero-order valence-corrected chi connectivity index (χ0v) is 21.2. The third-order valence-corrected chi connectivity index (χ3v) is 4.83. The predicted octanol–water partition coefficient (Wildman–Crippen LogP) is 7.13. The second kappa shape index (κ2) is 9.31. The summed E-state index contributed by atoms with van der Waals surface area (Å²) in [5, 5.41) is 0.701. The van der Waals surface area contributed by atoms with E-state index in [9.17, 15) is 14.4 Å². The van der Waals surface area contributed by atoms with E-state index in [1.807, 2.05) is 0 Å². The maximum atomic E-state index is 13.4. The van der Waals surface area contributed by atoms with Gasteiger partial charge in [0.25, 0.3) is 5.91 Å². The molecule has 0 bridgehead atoms. The Balaban J connectivity index is 2.06. The number of amides is 2. The first-order chi connectivity index (χ1) is 15.6. The molecule has 1 aliphatic rings. The Bertz CT molecular complexity index is 1190. The van der Waals surface area contributed by atoms with Crippen molar-refractivity contribution in [1.29, 1.82) is 0 Å². The van der Waals surface area contributed by atoms with E-state index in [0.29, 0.717) is 21.2 Å². The summed E-state index contributed by atoms with van der Waals surface area (Å²) >= 11 is 12.3. The highest BCUT2D eigenvalue weighted by Crippen LogP contribution is 2.41. The number of benzene rings is 2. The fraction of sp³-hybridized carbons (Fsp3) is 0.320. The van der Waals surface area contributed by atoms with Gasteiger partial charge < -0.3 is 14.2 Å². The summed E-state index contributed by atoms with van der Waals surface area (Å²) < 4.78 is 16.0. The molecule has 2 aromatic carbocycles. The first kappa shape index (κ1) is 25.6. The Morgan fingerprint density at radius 2 is 1.47 bits per heavy atom. The number of imide groups is 1. The molecule has 1 heterocycles. The molecule has 0 N–H and O–H groups in total. The van der Waals surface area contributed by atoms with Crippen LogP contribution in [0.15, 0.2) is 36.4 Å². The van der Waals surface area contributed by atoms with Gasteiger partial charge in [0.15, 0.2) is 0 Å². The van der Waals surface area contributed by atoms with Gasteiger partial charge in [-0.15, -0.1) is 0 Å². The van der Waals surface area contributed by atoms with Crippen molar-refractivity contribution in [1.82, 2.24) is 0 Å². The van der Waals surface area contributed by atoms with Crippen molar-refractivity contribution in [2.45, 2.75) is 52.7 Å². The van der Waals surface area contributed by atoms with Gasteiger partial charge >= 0.3 is 12.2 Å². The van der Waals surface area contributed by atoms with Gasteiger partial charge in [0, 0.05) is 21.2 Å². The summed E-state index contributed by atoms with van der Waals surface area (Å²) in [6.07, 6.45) is -0.249. The second-order valence-corrected chi connectivity index (χ2v) is 10.5. The van der Waals surface area contributed by atoms with Crippen LogP contribution in [0.1, 0.15) is 52.7 Å². The highest BCUT2D eigenvalue weighted by atomic mass is 35.5. The topological polar surface area (TPSA) is 82.1 Å². The van der Waals surface area contributed by atoms with E-state index in [1.54, 1.807) is 59.7 Å². The number of halogens is 2. The standard InChI is InChI=1S/C25H25Cl2NO6/c1-24(2,3)33-22(30)28-19-13-16(27)7-9-17(19)18(21(28)29)12-14-11-15(26)8-10-20(14)32-23(31)34-25(4,5)6/h7-13H,1-6H3. The van der Waals surface area contributed by atoms with E-state index < -0.39 is 29.4 Å². The third kappa shape index (κ3) is 6.10. The number of ether oxygens (including phenoxy) is 3. The lowest BCUT2D eigenvalue weighted by atomic mass is 10.0. The average molecular weight is 506 g/mol. The highest BCUT2D eigenvalue weighted by molar-refractivity contribution is 6.42. The number of fused-ring (bicyclic) bond motifs is 1. The van der Waals surface area contributed by atoms with E-state index in [2.05, 4.69) is 0 Å². The lowest BCUT2D eigenvalue weighted by Crippen LogP contribution is -2.38. The molecule has 3 rings (SSSR count). The smallest absolute Gasteiger partial charge is 0.443 e. The van der Waals surface area contributed by atoms with Gasteiger partial charge in [-0.3, -0.25) is 4.79 Å². The molecular weight excluding hydrogens is 481 g/mol. The molecule has 0 fully saturated rings. The van der Waals surface area contributed by atoms with Gasteiger partial charge in [0.1, 0.15) is 17.0 Å². The van der Waals surface area contributed by atoms with Crippen LogP contribution in [0.25, 0.3) is 11.6 Å². The molecule has 0 unspecified atom stereocenters. The molecule has 34 heavy (non-hydrogen) atoms. The molecule has 0 atom stereocenters. The van der Waals surface area contributed by atoms with Crippen molar-refractivity contribution >= 4 is 58.7 Å². The van der Waals surface area contributed by atoms with Gasteiger partial charge in [-0.1, -0.05) is 29.3 Å². The number of nitrogens with zero attached hydrogens (tertiary/aromatic N) is 1. The Labute approximate surface area is 208 Å². The molecule has 0 radical (unpaired) electrons. The molecule has 2 amide bonds. The van der Waals surface area contributed by atoms with E-state index in [4.69, 9.17) is 37.4 Å². The Hall–Kier alpha value is -3.03. The number of carbonyl (C=O) groups is 3. The lowest BCUT2D eigenvalue weighted by molar-refractivity contribution is -0.112. The number of carbonyl (C=O) groups excluding carboxylic acids is 3. The molecule has 9 heteroatoms. The van der Waals surface area contributed by atoms with Gasteiger partial charge in [-0.25, -0.2) is 14.5 Å². The Morgan fingerprint density at radius 1 is 0.882 bits per heavy atom. The first-order valence-electron chi connectivity index (χ1n) is 10.4. The number of rotatable bonds is 2. The summed E-state index contributed by atoms with van der Waals surface area (Å²) in [5.74, 6) is -0.486. The maximum Gasteiger partial charge on any atom is 0.514 e. The van der Waals surface area contributed by atoms with Crippen LogP contribution in [0.4, 0.5) is 15.3 Å². The van der Waals surface area contributed by atoms with Crippen molar-refractivity contribution in [3.63, 3.8) is 0 Å². The van der Waals surface area contributed by atoms with Crippen molar-refractivity contribution in [2.75, 3.05) is 4.90 Å². The molecular formula is C25H25Cl2NO6. The van der Waals surface area contributed by atoms with Gasteiger partial charge in [-0.2, -0.15) is 0 Å². The Kier molecular flexibility index (Phi) is 7.01. The fourth-order valence-electron chi connectivity index (χ4n) is 3.13. The first-order valence-corrected chi connectivity index (χ1v) is 11.2. The summed E-state index contributed by atoms with van der Waals surface area (Å²) in [7, 11) is 0. The zero-order chi connectivity index (χ0) is 25.4. The molecule has 0 spiro atoms. The monoisotopic (exact) mass is 505 g/mol. The average Bonchev–Trinajstić information content (AvgIpc) is 2.92. The molecule has 1 aliphatic heterocycles. The van der Waals surface area contributed by atoms with E-state index in [0.717, 1.165) is 4.90 Å². The van der Waals surface area contributed by atoms with E-state index in [1.165, 1.54) is 24.3 Å². The zero-order valence-electron chi connectivity index (χ0n) is 19.7. The van der Waals surface area contributed by atoms with Crippen molar-refractivity contribution in [3.8, 4) is 5.75 Å². The third-order valence-electron chi connectivity index (χ3n) is 4.35. The van der Waals surface area contributed by atoms with Gasteiger partial charge in [0.2, 0.25) is 0 Å². The van der Waals surface area contributed by atoms with Crippen molar-refractivity contribution in [3.05, 3.63) is 57.6 Å². The summed E-state index contributed by atoms with van der Waals surface area (Å²) in [6.45, 7) is 10.2. The molecule has 0 aliphatic carbocycles. The van der Waals surface area contributed by atoms with Crippen LogP contribution in [-0.2, 0) is 14.3 Å².